The normalized spacial score (nSPS) is 19.3. The Morgan fingerprint density at radius 1 is 1.36 bits per heavy atom. The topological polar surface area (TPSA) is 41.1 Å². The van der Waals surface area contributed by atoms with Crippen molar-refractivity contribution in [2.45, 2.75) is 32.4 Å². The number of likely N-dealkylation sites (tertiary alicyclic amines) is 1. The highest BCUT2D eigenvalue weighted by atomic mass is 32.1. The Balaban J connectivity index is 1.63. The number of nitrogens with one attached hydrogen (secondary N) is 1. The van der Waals surface area contributed by atoms with Crippen LogP contribution >= 0.6 is 11.5 Å². The largest absolute Gasteiger partial charge is 0.356 e. The van der Waals surface area contributed by atoms with Gasteiger partial charge in [0, 0.05) is 36.2 Å². The standard InChI is InChI=1S/C15H18F2N4S/c1-10-18-15(22-20-10)19-11-4-3-7-21(8-11)9-12-13(16)5-2-6-14(12)17/h2,5-6,11H,3-4,7-9H2,1H3,(H,18,19,20). The molecule has 1 atom stereocenters. The van der Waals surface area contributed by atoms with Gasteiger partial charge in [-0.1, -0.05) is 6.07 Å². The van der Waals surface area contributed by atoms with Crippen LogP contribution in [-0.2, 0) is 6.54 Å². The van der Waals surface area contributed by atoms with Crippen molar-refractivity contribution in [3.63, 3.8) is 0 Å². The van der Waals surface area contributed by atoms with Gasteiger partial charge in [-0.3, -0.25) is 4.90 Å². The average molecular weight is 324 g/mol. The van der Waals surface area contributed by atoms with Crippen molar-refractivity contribution >= 4 is 16.7 Å². The number of anilines is 1. The Kier molecular flexibility index (Phi) is 4.63. The van der Waals surface area contributed by atoms with Gasteiger partial charge in [0.1, 0.15) is 17.5 Å². The molecule has 1 aliphatic rings. The summed E-state index contributed by atoms with van der Waals surface area (Å²) < 4.78 is 31.7. The summed E-state index contributed by atoms with van der Waals surface area (Å²) in [6.45, 7) is 3.75. The maximum Gasteiger partial charge on any atom is 0.202 e. The Labute approximate surface area is 132 Å². The van der Waals surface area contributed by atoms with Crippen LogP contribution in [-0.4, -0.2) is 33.4 Å². The molecule has 0 amide bonds. The first-order chi connectivity index (χ1) is 10.6. The summed E-state index contributed by atoms with van der Waals surface area (Å²) in [5, 5.41) is 4.17. The number of rotatable bonds is 4. The molecule has 3 rings (SSSR count). The van der Waals surface area contributed by atoms with Crippen LogP contribution in [0.15, 0.2) is 18.2 Å². The number of nitrogens with zero attached hydrogens (tertiary/aromatic N) is 3. The molecule has 1 N–H and O–H groups in total. The summed E-state index contributed by atoms with van der Waals surface area (Å²) in [5.41, 5.74) is 0.148. The third-order valence-electron chi connectivity index (χ3n) is 3.80. The fourth-order valence-corrected chi connectivity index (χ4v) is 3.41. The average Bonchev–Trinajstić information content (AvgIpc) is 2.89. The van der Waals surface area contributed by atoms with E-state index in [9.17, 15) is 8.78 Å². The Morgan fingerprint density at radius 3 is 2.82 bits per heavy atom. The van der Waals surface area contributed by atoms with E-state index >= 15 is 0 Å². The summed E-state index contributed by atoms with van der Waals surface area (Å²) in [5.74, 6) is -0.196. The molecule has 0 radical (unpaired) electrons. The van der Waals surface area contributed by atoms with Gasteiger partial charge in [-0.15, -0.1) is 0 Å². The molecule has 1 fully saturated rings. The van der Waals surface area contributed by atoms with Crippen molar-refractivity contribution in [2.75, 3.05) is 18.4 Å². The predicted molar refractivity (Wildman–Crippen MR) is 82.9 cm³/mol. The second-order valence-electron chi connectivity index (χ2n) is 5.57. The molecule has 0 bridgehead atoms. The molecule has 7 heteroatoms. The fraction of sp³-hybridized carbons (Fsp3) is 0.467. The van der Waals surface area contributed by atoms with E-state index < -0.39 is 11.6 Å². The molecule has 22 heavy (non-hydrogen) atoms. The van der Waals surface area contributed by atoms with Gasteiger partial charge in [-0.25, -0.2) is 13.8 Å². The Morgan fingerprint density at radius 2 is 2.14 bits per heavy atom. The van der Waals surface area contributed by atoms with Gasteiger partial charge in [0.25, 0.3) is 0 Å². The van der Waals surface area contributed by atoms with E-state index in [1.165, 1.54) is 29.7 Å². The number of aromatic nitrogens is 2. The molecule has 2 aromatic rings. The number of hydrogen-bond acceptors (Lipinski definition) is 5. The fourth-order valence-electron chi connectivity index (χ4n) is 2.75. The van der Waals surface area contributed by atoms with Gasteiger partial charge in [-0.2, -0.15) is 4.37 Å². The highest BCUT2D eigenvalue weighted by Gasteiger charge is 2.22. The molecule has 1 saturated heterocycles. The summed E-state index contributed by atoms with van der Waals surface area (Å²) >= 11 is 1.34. The van der Waals surface area contributed by atoms with Gasteiger partial charge in [0.15, 0.2) is 0 Å². The molecule has 1 aromatic heterocycles. The first-order valence-electron chi connectivity index (χ1n) is 7.34. The van der Waals surface area contributed by atoms with Crippen molar-refractivity contribution in [2.24, 2.45) is 0 Å². The number of piperidine rings is 1. The van der Waals surface area contributed by atoms with E-state index in [0.29, 0.717) is 6.54 Å². The third-order valence-corrected chi connectivity index (χ3v) is 4.54. The molecule has 0 saturated carbocycles. The summed E-state index contributed by atoms with van der Waals surface area (Å²) in [6.07, 6.45) is 2.01. The maximum atomic E-state index is 13.8. The minimum Gasteiger partial charge on any atom is -0.356 e. The molecule has 0 spiro atoms. The van der Waals surface area contributed by atoms with Crippen LogP contribution in [0.3, 0.4) is 0 Å². The first kappa shape index (κ1) is 15.3. The highest BCUT2D eigenvalue weighted by molar-refractivity contribution is 7.09. The Hall–Kier alpha value is -1.60. The van der Waals surface area contributed by atoms with Gasteiger partial charge in [-0.05, 0) is 38.4 Å². The lowest BCUT2D eigenvalue weighted by molar-refractivity contribution is 0.203. The lowest BCUT2D eigenvalue weighted by atomic mass is 10.0. The summed E-state index contributed by atoms with van der Waals surface area (Å²) in [6, 6.07) is 4.24. The van der Waals surface area contributed by atoms with Gasteiger partial charge in [0.05, 0.1) is 0 Å². The van der Waals surface area contributed by atoms with E-state index in [1.54, 1.807) is 0 Å². The minimum atomic E-state index is -0.477. The van der Waals surface area contributed by atoms with Crippen LogP contribution in [0.2, 0.25) is 0 Å². The monoisotopic (exact) mass is 324 g/mol. The summed E-state index contributed by atoms with van der Waals surface area (Å²) in [7, 11) is 0. The molecule has 4 nitrogen and oxygen atoms in total. The quantitative estimate of drug-likeness (QED) is 0.938. The van der Waals surface area contributed by atoms with Crippen LogP contribution in [0, 0.1) is 18.6 Å². The van der Waals surface area contributed by atoms with Crippen LogP contribution < -0.4 is 5.32 Å². The summed E-state index contributed by atoms with van der Waals surface area (Å²) in [4.78, 5) is 6.38. The van der Waals surface area contributed by atoms with Crippen molar-refractivity contribution < 1.29 is 8.78 Å². The van der Waals surface area contributed by atoms with Crippen molar-refractivity contribution in [3.05, 3.63) is 41.2 Å². The second-order valence-corrected chi connectivity index (χ2v) is 6.32. The van der Waals surface area contributed by atoms with E-state index in [4.69, 9.17) is 0 Å². The van der Waals surface area contributed by atoms with Crippen molar-refractivity contribution in [3.8, 4) is 0 Å². The number of hydrogen-bond donors (Lipinski definition) is 1. The predicted octanol–water partition coefficient (Wildman–Crippen LogP) is 3.20. The first-order valence-corrected chi connectivity index (χ1v) is 8.11. The lowest BCUT2D eigenvalue weighted by Crippen LogP contribution is -2.41. The maximum absolute atomic E-state index is 13.8. The van der Waals surface area contributed by atoms with Crippen LogP contribution in [0.25, 0.3) is 0 Å². The number of aryl methyl sites for hydroxylation is 1. The van der Waals surface area contributed by atoms with Crippen molar-refractivity contribution in [1.82, 2.24) is 14.3 Å². The molecular formula is C15H18F2N4S. The highest BCUT2D eigenvalue weighted by Crippen LogP contribution is 2.21. The van der Waals surface area contributed by atoms with Gasteiger partial charge >= 0.3 is 0 Å². The SMILES string of the molecule is Cc1nsc(NC2CCCN(Cc3c(F)cccc3F)C2)n1. The zero-order chi connectivity index (χ0) is 15.5. The van der Waals surface area contributed by atoms with Crippen LogP contribution in [0.5, 0.6) is 0 Å². The van der Waals surface area contributed by atoms with E-state index in [2.05, 4.69) is 19.6 Å². The van der Waals surface area contributed by atoms with Gasteiger partial charge in [0.2, 0.25) is 5.13 Å². The molecule has 1 aromatic carbocycles. The van der Waals surface area contributed by atoms with Crippen molar-refractivity contribution in [1.29, 1.82) is 0 Å². The molecule has 2 heterocycles. The lowest BCUT2D eigenvalue weighted by Gasteiger charge is -2.33. The van der Waals surface area contributed by atoms with E-state index in [-0.39, 0.29) is 11.6 Å². The molecule has 1 unspecified atom stereocenters. The molecule has 1 aliphatic heterocycles. The van der Waals surface area contributed by atoms with Gasteiger partial charge < -0.3 is 5.32 Å². The molecule has 0 aliphatic carbocycles. The number of halogens is 2. The smallest absolute Gasteiger partial charge is 0.202 e. The van der Waals surface area contributed by atoms with E-state index in [0.717, 1.165) is 36.9 Å². The minimum absolute atomic E-state index is 0.148. The zero-order valence-corrected chi connectivity index (χ0v) is 13.2. The van der Waals surface area contributed by atoms with Crippen LogP contribution in [0.1, 0.15) is 24.2 Å². The zero-order valence-electron chi connectivity index (χ0n) is 12.4. The van der Waals surface area contributed by atoms with Crippen LogP contribution in [0.4, 0.5) is 13.9 Å². The molecular weight excluding hydrogens is 306 g/mol. The number of benzene rings is 1. The Bertz CT molecular complexity index is 626. The van der Waals surface area contributed by atoms with E-state index in [1.807, 2.05) is 6.92 Å². The second kappa shape index (κ2) is 6.66. The molecule has 118 valence electrons. The third kappa shape index (κ3) is 3.59.